The van der Waals surface area contributed by atoms with Crippen LogP contribution in [0.25, 0.3) is 0 Å². The van der Waals surface area contributed by atoms with Gasteiger partial charge in [-0.05, 0) is 38.6 Å². The molecule has 0 unspecified atom stereocenters. The zero-order valence-electron chi connectivity index (χ0n) is 10.3. The predicted octanol–water partition coefficient (Wildman–Crippen LogP) is 0.783. The molecule has 3 aliphatic rings. The molecule has 0 spiro atoms. The zero-order chi connectivity index (χ0) is 12.0. The first kappa shape index (κ1) is 11.5. The van der Waals surface area contributed by atoms with Crippen molar-refractivity contribution in [2.45, 2.75) is 50.3 Å². The lowest BCUT2D eigenvalue weighted by molar-refractivity contribution is -0.147. The summed E-state index contributed by atoms with van der Waals surface area (Å²) in [7, 11) is 1.46. The van der Waals surface area contributed by atoms with E-state index in [-0.39, 0.29) is 23.9 Å². The third-order valence-electron chi connectivity index (χ3n) is 5.00. The molecule has 4 nitrogen and oxygen atoms in total. The van der Waals surface area contributed by atoms with Crippen LogP contribution in [-0.2, 0) is 9.53 Å². The van der Waals surface area contributed by atoms with Crippen LogP contribution in [0.5, 0.6) is 0 Å². The second kappa shape index (κ2) is 4.25. The molecule has 96 valence electrons. The molecule has 1 N–H and O–H groups in total. The van der Waals surface area contributed by atoms with Gasteiger partial charge in [-0.3, -0.25) is 9.69 Å². The SMILES string of the molecule is COC(=O)[C@@H]1CC[C@H]2[C@@H](C1)[C@H](O)[C@H]1CCCN12. The van der Waals surface area contributed by atoms with Crippen molar-refractivity contribution in [2.75, 3.05) is 13.7 Å². The molecule has 0 radical (unpaired) electrons. The van der Waals surface area contributed by atoms with Gasteiger partial charge in [-0.15, -0.1) is 0 Å². The van der Waals surface area contributed by atoms with E-state index >= 15 is 0 Å². The van der Waals surface area contributed by atoms with Crippen LogP contribution in [0, 0.1) is 11.8 Å². The topological polar surface area (TPSA) is 49.8 Å². The van der Waals surface area contributed by atoms with Crippen LogP contribution in [0.1, 0.15) is 32.1 Å². The van der Waals surface area contributed by atoms with E-state index in [1.54, 1.807) is 0 Å². The second-order valence-corrected chi connectivity index (χ2v) is 5.70. The van der Waals surface area contributed by atoms with Crippen molar-refractivity contribution in [1.82, 2.24) is 4.90 Å². The van der Waals surface area contributed by atoms with Gasteiger partial charge in [-0.1, -0.05) is 0 Å². The summed E-state index contributed by atoms with van der Waals surface area (Å²) >= 11 is 0. The first-order valence-corrected chi connectivity index (χ1v) is 6.74. The van der Waals surface area contributed by atoms with Crippen molar-refractivity contribution >= 4 is 5.97 Å². The van der Waals surface area contributed by atoms with E-state index < -0.39 is 0 Å². The number of rotatable bonds is 1. The van der Waals surface area contributed by atoms with E-state index in [1.165, 1.54) is 13.5 Å². The number of nitrogens with zero attached hydrogens (tertiary/aromatic N) is 1. The molecule has 0 aromatic carbocycles. The number of fused-ring (bicyclic) bond motifs is 3. The lowest BCUT2D eigenvalue weighted by Crippen LogP contribution is -2.39. The van der Waals surface area contributed by atoms with Crippen molar-refractivity contribution in [3.05, 3.63) is 0 Å². The summed E-state index contributed by atoms with van der Waals surface area (Å²) in [6.45, 7) is 1.13. The van der Waals surface area contributed by atoms with E-state index in [0.29, 0.717) is 12.1 Å². The molecule has 1 saturated carbocycles. The van der Waals surface area contributed by atoms with Gasteiger partial charge in [-0.25, -0.2) is 0 Å². The molecule has 3 fully saturated rings. The maximum Gasteiger partial charge on any atom is 0.308 e. The maximum atomic E-state index is 11.6. The average Bonchev–Trinajstić information content (AvgIpc) is 2.92. The Morgan fingerprint density at radius 3 is 2.88 bits per heavy atom. The van der Waals surface area contributed by atoms with Crippen molar-refractivity contribution in [3.8, 4) is 0 Å². The van der Waals surface area contributed by atoms with Crippen molar-refractivity contribution in [1.29, 1.82) is 0 Å². The third-order valence-corrected chi connectivity index (χ3v) is 5.00. The summed E-state index contributed by atoms with van der Waals surface area (Å²) in [6.07, 6.45) is 4.88. The van der Waals surface area contributed by atoms with Crippen molar-refractivity contribution in [2.24, 2.45) is 11.8 Å². The minimum absolute atomic E-state index is 0.0101. The highest BCUT2D eigenvalue weighted by molar-refractivity contribution is 5.72. The first-order chi connectivity index (χ1) is 8.22. The Balaban J connectivity index is 1.73. The number of ether oxygens (including phenoxy) is 1. The fraction of sp³-hybridized carbons (Fsp3) is 0.923. The smallest absolute Gasteiger partial charge is 0.308 e. The van der Waals surface area contributed by atoms with Crippen molar-refractivity contribution < 1.29 is 14.6 Å². The van der Waals surface area contributed by atoms with Gasteiger partial charge in [-0.2, -0.15) is 0 Å². The highest BCUT2D eigenvalue weighted by Gasteiger charge is 2.52. The second-order valence-electron chi connectivity index (χ2n) is 5.70. The number of esters is 1. The van der Waals surface area contributed by atoms with Crippen LogP contribution < -0.4 is 0 Å². The van der Waals surface area contributed by atoms with Gasteiger partial charge < -0.3 is 9.84 Å². The van der Waals surface area contributed by atoms with E-state index in [9.17, 15) is 9.90 Å². The molecule has 0 aromatic heterocycles. The molecule has 4 heteroatoms. The Labute approximate surface area is 102 Å². The highest BCUT2D eigenvalue weighted by atomic mass is 16.5. The van der Waals surface area contributed by atoms with Crippen molar-refractivity contribution in [3.63, 3.8) is 0 Å². The van der Waals surface area contributed by atoms with E-state index in [2.05, 4.69) is 4.90 Å². The van der Waals surface area contributed by atoms with Crippen LogP contribution in [-0.4, -0.2) is 47.8 Å². The Hall–Kier alpha value is -0.610. The largest absolute Gasteiger partial charge is 0.469 e. The van der Waals surface area contributed by atoms with E-state index in [4.69, 9.17) is 4.74 Å². The summed E-state index contributed by atoms with van der Waals surface area (Å²) in [5, 5.41) is 10.4. The highest BCUT2D eigenvalue weighted by Crippen LogP contribution is 2.45. The minimum atomic E-state index is -0.227. The molecule has 0 bridgehead atoms. The molecule has 2 aliphatic heterocycles. The molecule has 5 atom stereocenters. The summed E-state index contributed by atoms with van der Waals surface area (Å²) < 4.78 is 4.83. The van der Waals surface area contributed by atoms with Crippen LogP contribution in [0.4, 0.5) is 0 Å². The molecule has 3 rings (SSSR count). The fourth-order valence-corrected chi connectivity index (χ4v) is 4.23. The number of aliphatic hydroxyl groups excluding tert-OH is 1. The molecule has 2 heterocycles. The van der Waals surface area contributed by atoms with Crippen LogP contribution in [0.3, 0.4) is 0 Å². The molecule has 0 aromatic rings. The number of hydrogen-bond acceptors (Lipinski definition) is 4. The molecule has 17 heavy (non-hydrogen) atoms. The van der Waals surface area contributed by atoms with Crippen LogP contribution in [0.15, 0.2) is 0 Å². The monoisotopic (exact) mass is 239 g/mol. The quantitative estimate of drug-likeness (QED) is 0.687. The summed E-state index contributed by atoms with van der Waals surface area (Å²) in [5.74, 6) is 0.205. The minimum Gasteiger partial charge on any atom is -0.469 e. The summed E-state index contributed by atoms with van der Waals surface area (Å²) in [4.78, 5) is 14.1. The molecule has 2 saturated heterocycles. The fourth-order valence-electron chi connectivity index (χ4n) is 4.23. The number of methoxy groups -OCH3 is 1. The third kappa shape index (κ3) is 1.69. The molecule has 1 aliphatic carbocycles. The lowest BCUT2D eigenvalue weighted by Gasteiger charge is -2.34. The Morgan fingerprint density at radius 2 is 2.12 bits per heavy atom. The normalized spacial score (nSPS) is 45.4. The van der Waals surface area contributed by atoms with Gasteiger partial charge in [0, 0.05) is 18.0 Å². The average molecular weight is 239 g/mol. The Morgan fingerprint density at radius 1 is 1.29 bits per heavy atom. The molecular weight excluding hydrogens is 218 g/mol. The lowest BCUT2D eigenvalue weighted by atomic mass is 9.76. The van der Waals surface area contributed by atoms with Gasteiger partial charge in [0.1, 0.15) is 0 Å². The van der Waals surface area contributed by atoms with E-state index in [0.717, 1.165) is 32.2 Å². The number of carbonyl (C=O) groups is 1. The number of hydrogen-bond donors (Lipinski definition) is 1. The number of carbonyl (C=O) groups excluding carboxylic acids is 1. The first-order valence-electron chi connectivity index (χ1n) is 6.74. The zero-order valence-corrected chi connectivity index (χ0v) is 10.3. The molecular formula is C13H21NO3. The van der Waals surface area contributed by atoms with Gasteiger partial charge >= 0.3 is 5.97 Å². The van der Waals surface area contributed by atoms with E-state index in [1.807, 2.05) is 0 Å². The number of aliphatic hydroxyl groups is 1. The summed E-state index contributed by atoms with van der Waals surface area (Å²) in [6, 6.07) is 0.875. The summed E-state index contributed by atoms with van der Waals surface area (Å²) in [5.41, 5.74) is 0. The standard InChI is InChI=1S/C13H21NO3/c1-17-13(16)8-4-5-10-9(7-8)12(15)11-3-2-6-14(10)11/h8-12,15H,2-7H2,1H3/t8-,9-,10+,11-,12+/m1/s1. The maximum absolute atomic E-state index is 11.6. The van der Waals surface area contributed by atoms with Gasteiger partial charge in [0.2, 0.25) is 0 Å². The van der Waals surface area contributed by atoms with Gasteiger partial charge in [0.15, 0.2) is 0 Å². The van der Waals surface area contributed by atoms with Gasteiger partial charge in [0.05, 0.1) is 19.1 Å². The Bertz CT molecular complexity index is 320. The predicted molar refractivity (Wildman–Crippen MR) is 62.4 cm³/mol. The van der Waals surface area contributed by atoms with Gasteiger partial charge in [0.25, 0.3) is 0 Å². The Kier molecular flexibility index (Phi) is 2.87. The van der Waals surface area contributed by atoms with Crippen LogP contribution >= 0.6 is 0 Å². The van der Waals surface area contributed by atoms with Crippen LogP contribution in [0.2, 0.25) is 0 Å². The molecule has 0 amide bonds.